The summed E-state index contributed by atoms with van der Waals surface area (Å²) < 4.78 is 0. The number of fused-ring (bicyclic) bond motifs is 1. The molecule has 0 atom stereocenters. The van der Waals surface area contributed by atoms with Crippen LogP contribution in [0.5, 0.6) is 0 Å². The molecule has 0 aromatic heterocycles. The second kappa shape index (κ2) is 9.96. The fraction of sp³-hybridized carbons (Fsp3) is 0. The van der Waals surface area contributed by atoms with E-state index in [0.29, 0.717) is 11.1 Å². The molecule has 37 heavy (non-hydrogen) atoms. The van der Waals surface area contributed by atoms with E-state index in [0.717, 1.165) is 28.2 Å². The average Bonchev–Trinajstić information content (AvgIpc) is 2.98. The molecule has 0 saturated carbocycles. The fourth-order valence-electron chi connectivity index (χ4n) is 4.81. The lowest BCUT2D eigenvalue weighted by atomic mass is 9.94. The van der Waals surface area contributed by atoms with Crippen LogP contribution in [0.2, 0.25) is 0 Å². The quantitative estimate of drug-likeness (QED) is 0.224. The van der Waals surface area contributed by atoms with Crippen molar-refractivity contribution in [1.82, 2.24) is 0 Å². The molecule has 0 N–H and O–H groups in total. The van der Waals surface area contributed by atoms with Gasteiger partial charge in [-0.05, 0) is 58.3 Å². The van der Waals surface area contributed by atoms with E-state index in [9.17, 15) is 4.79 Å². The Morgan fingerprint density at radius 1 is 0.459 bits per heavy atom. The summed E-state index contributed by atoms with van der Waals surface area (Å²) in [6.07, 6.45) is 0. The van der Waals surface area contributed by atoms with Crippen molar-refractivity contribution in [2.24, 2.45) is 0 Å². The van der Waals surface area contributed by atoms with Crippen molar-refractivity contribution in [2.45, 2.75) is 0 Å². The van der Waals surface area contributed by atoms with E-state index in [2.05, 4.69) is 95.9 Å². The van der Waals surface area contributed by atoms with Crippen LogP contribution < -0.4 is 4.90 Å². The van der Waals surface area contributed by atoms with E-state index >= 15 is 0 Å². The van der Waals surface area contributed by atoms with Crippen molar-refractivity contribution < 1.29 is 4.79 Å². The summed E-state index contributed by atoms with van der Waals surface area (Å²) in [5.74, 6) is 0.0300. The molecule has 2 heteroatoms. The minimum Gasteiger partial charge on any atom is -0.310 e. The van der Waals surface area contributed by atoms with Gasteiger partial charge in [0.25, 0.3) is 0 Å². The van der Waals surface area contributed by atoms with Crippen molar-refractivity contribution in [3.05, 3.63) is 163 Å². The van der Waals surface area contributed by atoms with Gasteiger partial charge < -0.3 is 4.90 Å². The maximum absolute atomic E-state index is 13.3. The number of nitrogens with zero attached hydrogens (tertiary/aromatic N) is 1. The second-order valence-corrected chi connectivity index (χ2v) is 8.99. The van der Waals surface area contributed by atoms with Crippen molar-refractivity contribution in [1.29, 1.82) is 0 Å². The second-order valence-electron chi connectivity index (χ2n) is 8.99. The molecule has 2 nitrogen and oxygen atoms in total. The summed E-state index contributed by atoms with van der Waals surface area (Å²) in [4.78, 5) is 15.5. The highest BCUT2D eigenvalue weighted by atomic mass is 16.1. The number of ketones is 1. The summed E-state index contributed by atoms with van der Waals surface area (Å²) in [5, 5.41) is 2.42. The lowest BCUT2D eigenvalue weighted by Crippen LogP contribution is -2.09. The predicted octanol–water partition coefficient (Wildman–Crippen LogP) is 9.21. The van der Waals surface area contributed by atoms with Gasteiger partial charge in [-0.2, -0.15) is 0 Å². The third kappa shape index (κ3) is 4.53. The molecule has 6 aromatic rings. The molecule has 0 unspecified atom stereocenters. The molecule has 0 amide bonds. The van der Waals surface area contributed by atoms with Crippen LogP contribution in [0.3, 0.4) is 0 Å². The molecule has 0 aliphatic carbocycles. The Balaban J connectivity index is 1.41. The highest BCUT2D eigenvalue weighted by molar-refractivity contribution is 6.12. The number of carbonyl (C=O) groups is 1. The Morgan fingerprint density at radius 3 is 1.78 bits per heavy atom. The molecule has 0 aliphatic heterocycles. The van der Waals surface area contributed by atoms with Crippen LogP contribution in [-0.2, 0) is 0 Å². The molecule has 0 heterocycles. The lowest BCUT2D eigenvalue weighted by Gasteiger charge is -2.26. The zero-order valence-electron chi connectivity index (χ0n) is 20.3. The Bertz CT molecular complexity index is 1670. The molecule has 0 aliphatic rings. The first-order chi connectivity index (χ1) is 18.3. The number of benzene rings is 6. The first kappa shape index (κ1) is 22.5. The van der Waals surface area contributed by atoms with Crippen molar-refractivity contribution in [3.8, 4) is 11.1 Å². The fourth-order valence-corrected chi connectivity index (χ4v) is 4.81. The minimum absolute atomic E-state index is 0.0300. The first-order valence-electron chi connectivity index (χ1n) is 12.4. The number of para-hydroxylation sites is 1. The molecule has 176 valence electrons. The topological polar surface area (TPSA) is 20.3 Å². The molecule has 0 spiro atoms. The van der Waals surface area contributed by atoms with E-state index < -0.39 is 0 Å². The Hall–Kier alpha value is -4.95. The summed E-state index contributed by atoms with van der Waals surface area (Å²) >= 11 is 0. The van der Waals surface area contributed by atoms with Crippen LogP contribution in [0.25, 0.3) is 21.9 Å². The van der Waals surface area contributed by atoms with E-state index in [1.807, 2.05) is 60.7 Å². The SMILES string of the molecule is O=C(c1ccccc1)c1ccccc1-c1ccc(N(c2ccccc2)c2ccc3ccccc3c2)cc1. The van der Waals surface area contributed by atoms with Gasteiger partial charge in [-0.15, -0.1) is 0 Å². The van der Waals surface area contributed by atoms with E-state index in [4.69, 9.17) is 0 Å². The van der Waals surface area contributed by atoms with Crippen LogP contribution in [0.15, 0.2) is 152 Å². The molecule has 0 radical (unpaired) electrons. The average molecular weight is 476 g/mol. The van der Waals surface area contributed by atoms with Gasteiger partial charge >= 0.3 is 0 Å². The van der Waals surface area contributed by atoms with E-state index in [1.165, 1.54) is 10.8 Å². The Labute approximate surface area is 217 Å². The van der Waals surface area contributed by atoms with Gasteiger partial charge in [0.1, 0.15) is 0 Å². The molecule has 0 bridgehead atoms. The van der Waals surface area contributed by atoms with Crippen LogP contribution >= 0.6 is 0 Å². The summed E-state index contributed by atoms with van der Waals surface area (Å²) in [7, 11) is 0. The van der Waals surface area contributed by atoms with Crippen LogP contribution in [0, 0.1) is 0 Å². The number of carbonyl (C=O) groups excluding carboxylic acids is 1. The number of hydrogen-bond acceptors (Lipinski definition) is 2. The maximum atomic E-state index is 13.3. The number of anilines is 3. The van der Waals surface area contributed by atoms with Crippen molar-refractivity contribution >= 4 is 33.6 Å². The van der Waals surface area contributed by atoms with Gasteiger partial charge in [0, 0.05) is 28.2 Å². The molecule has 6 aromatic carbocycles. The smallest absolute Gasteiger partial charge is 0.193 e. The molecular weight excluding hydrogens is 450 g/mol. The lowest BCUT2D eigenvalue weighted by molar-refractivity contribution is 0.103. The highest BCUT2D eigenvalue weighted by Gasteiger charge is 2.16. The van der Waals surface area contributed by atoms with Gasteiger partial charge in [-0.3, -0.25) is 4.79 Å². The van der Waals surface area contributed by atoms with Gasteiger partial charge in [-0.25, -0.2) is 0 Å². The largest absolute Gasteiger partial charge is 0.310 e. The van der Waals surface area contributed by atoms with Gasteiger partial charge in [0.2, 0.25) is 0 Å². The van der Waals surface area contributed by atoms with Crippen LogP contribution in [-0.4, -0.2) is 5.78 Å². The molecular formula is C35H25NO. The zero-order chi connectivity index (χ0) is 25.0. The highest BCUT2D eigenvalue weighted by Crippen LogP contribution is 2.37. The summed E-state index contributed by atoms with van der Waals surface area (Å²) in [6, 6.07) is 51.1. The van der Waals surface area contributed by atoms with E-state index in [-0.39, 0.29) is 5.78 Å². The van der Waals surface area contributed by atoms with Crippen molar-refractivity contribution in [3.63, 3.8) is 0 Å². The normalized spacial score (nSPS) is 10.8. The van der Waals surface area contributed by atoms with Crippen LogP contribution in [0.1, 0.15) is 15.9 Å². The van der Waals surface area contributed by atoms with Crippen molar-refractivity contribution in [2.75, 3.05) is 4.90 Å². The third-order valence-electron chi connectivity index (χ3n) is 6.65. The maximum Gasteiger partial charge on any atom is 0.193 e. The summed E-state index contributed by atoms with van der Waals surface area (Å²) in [5.41, 5.74) is 6.57. The minimum atomic E-state index is 0.0300. The summed E-state index contributed by atoms with van der Waals surface area (Å²) in [6.45, 7) is 0. The molecule has 0 saturated heterocycles. The monoisotopic (exact) mass is 475 g/mol. The Morgan fingerprint density at radius 2 is 1.03 bits per heavy atom. The molecule has 0 fully saturated rings. The standard InChI is InChI=1S/C35H25NO/c37-35(28-12-3-1-4-13-28)34-18-10-9-17-33(34)27-20-22-31(23-21-27)36(30-15-5-2-6-16-30)32-24-19-26-11-7-8-14-29(26)25-32/h1-25H. The van der Waals surface area contributed by atoms with Crippen LogP contribution in [0.4, 0.5) is 17.1 Å². The van der Waals surface area contributed by atoms with E-state index in [1.54, 1.807) is 0 Å². The first-order valence-corrected chi connectivity index (χ1v) is 12.4. The van der Waals surface area contributed by atoms with Gasteiger partial charge in [0.05, 0.1) is 0 Å². The molecule has 6 rings (SSSR count). The number of hydrogen-bond donors (Lipinski definition) is 0. The van der Waals surface area contributed by atoms with Gasteiger partial charge in [-0.1, -0.05) is 115 Å². The third-order valence-corrected chi connectivity index (χ3v) is 6.65. The number of rotatable bonds is 6. The Kier molecular flexibility index (Phi) is 6.06. The predicted molar refractivity (Wildman–Crippen MR) is 154 cm³/mol. The van der Waals surface area contributed by atoms with Gasteiger partial charge in [0.15, 0.2) is 5.78 Å². The zero-order valence-corrected chi connectivity index (χ0v) is 20.3.